The van der Waals surface area contributed by atoms with Crippen LogP contribution in [0.1, 0.15) is 53.4 Å². The van der Waals surface area contributed by atoms with E-state index in [-0.39, 0.29) is 29.2 Å². The Bertz CT molecular complexity index is 381. The number of amides is 1. The second-order valence-corrected chi connectivity index (χ2v) is 8.09. The number of rotatable bonds is 2. The molecule has 0 radical (unpaired) electrons. The van der Waals surface area contributed by atoms with Gasteiger partial charge in [-0.25, -0.2) is 0 Å². The Morgan fingerprint density at radius 2 is 1.50 bits per heavy atom. The van der Waals surface area contributed by atoms with Crippen molar-refractivity contribution in [2.24, 2.45) is 16.7 Å². The van der Waals surface area contributed by atoms with Crippen molar-refractivity contribution >= 4 is 18.3 Å². The molecule has 2 bridgehead atoms. The van der Waals surface area contributed by atoms with Crippen molar-refractivity contribution in [1.82, 2.24) is 10.2 Å². The molecule has 20 heavy (non-hydrogen) atoms. The zero-order valence-corrected chi connectivity index (χ0v) is 14.2. The van der Waals surface area contributed by atoms with Crippen LogP contribution in [0.15, 0.2) is 0 Å². The lowest BCUT2D eigenvalue weighted by molar-refractivity contribution is -0.135. The van der Waals surface area contributed by atoms with Crippen LogP contribution < -0.4 is 5.32 Å². The molecule has 3 fully saturated rings. The molecular formula is C16H29ClN2O. The molecule has 1 amide bonds. The zero-order chi connectivity index (χ0) is 14.0. The van der Waals surface area contributed by atoms with Gasteiger partial charge in [-0.15, -0.1) is 12.4 Å². The molecule has 1 saturated carbocycles. The minimum absolute atomic E-state index is 0. The van der Waals surface area contributed by atoms with Crippen LogP contribution in [-0.2, 0) is 4.79 Å². The van der Waals surface area contributed by atoms with E-state index in [4.69, 9.17) is 0 Å². The molecule has 3 rings (SSSR count). The van der Waals surface area contributed by atoms with Gasteiger partial charge >= 0.3 is 0 Å². The zero-order valence-electron chi connectivity index (χ0n) is 13.4. The largest absolute Gasteiger partial charge is 0.342 e. The molecule has 2 unspecified atom stereocenters. The summed E-state index contributed by atoms with van der Waals surface area (Å²) in [5, 5.41) is 3.65. The van der Waals surface area contributed by atoms with Gasteiger partial charge in [-0.2, -0.15) is 0 Å². The lowest BCUT2D eigenvalue weighted by Crippen LogP contribution is -2.49. The third-order valence-electron chi connectivity index (χ3n) is 6.61. The van der Waals surface area contributed by atoms with Gasteiger partial charge in [0.05, 0.1) is 0 Å². The van der Waals surface area contributed by atoms with Gasteiger partial charge in [0.2, 0.25) is 5.91 Å². The van der Waals surface area contributed by atoms with Crippen molar-refractivity contribution in [3.05, 3.63) is 0 Å². The highest BCUT2D eigenvalue weighted by molar-refractivity contribution is 5.85. The third-order valence-corrected chi connectivity index (χ3v) is 6.61. The summed E-state index contributed by atoms with van der Waals surface area (Å²) in [6.45, 7) is 8.93. The summed E-state index contributed by atoms with van der Waals surface area (Å²) in [6.07, 6.45) is 4.88. The molecule has 4 heteroatoms. The molecule has 0 spiro atoms. The van der Waals surface area contributed by atoms with Crippen molar-refractivity contribution in [3.63, 3.8) is 0 Å². The minimum atomic E-state index is 0. The highest BCUT2D eigenvalue weighted by Gasteiger charge is 2.68. The maximum absolute atomic E-state index is 12.8. The van der Waals surface area contributed by atoms with E-state index in [9.17, 15) is 4.79 Å². The molecule has 116 valence electrons. The molecular weight excluding hydrogens is 272 g/mol. The van der Waals surface area contributed by atoms with E-state index in [1.54, 1.807) is 0 Å². The van der Waals surface area contributed by atoms with Crippen molar-refractivity contribution in [2.45, 2.75) is 71.5 Å². The number of hydrogen-bond donors (Lipinski definition) is 1. The molecule has 2 saturated heterocycles. The maximum atomic E-state index is 12.8. The van der Waals surface area contributed by atoms with Gasteiger partial charge < -0.3 is 10.2 Å². The molecule has 2 aliphatic heterocycles. The van der Waals surface area contributed by atoms with Crippen molar-refractivity contribution < 1.29 is 4.79 Å². The van der Waals surface area contributed by atoms with Gasteiger partial charge in [0.1, 0.15) is 0 Å². The van der Waals surface area contributed by atoms with Gasteiger partial charge in [0.15, 0.2) is 0 Å². The maximum Gasteiger partial charge on any atom is 0.226 e. The van der Waals surface area contributed by atoms with Crippen LogP contribution in [0.2, 0.25) is 0 Å². The fourth-order valence-electron chi connectivity index (χ4n) is 4.54. The Balaban J connectivity index is 0.00000147. The Morgan fingerprint density at radius 1 is 1.05 bits per heavy atom. The average molecular weight is 301 g/mol. The smallest absolute Gasteiger partial charge is 0.226 e. The fraction of sp³-hybridized carbons (Fsp3) is 0.938. The van der Waals surface area contributed by atoms with Crippen LogP contribution >= 0.6 is 12.4 Å². The molecule has 0 aromatic rings. The van der Waals surface area contributed by atoms with Crippen LogP contribution in [0.3, 0.4) is 0 Å². The standard InChI is InChI=1S/C16H28N2O.ClH/c1-15(2)13(16(15,3)4)14(19)18(5)12-8-10-6-7-11(9-12)17-10;/h10-13,17H,6-9H2,1-5H3;1H. The van der Waals surface area contributed by atoms with Crippen molar-refractivity contribution in [3.8, 4) is 0 Å². The molecule has 0 aromatic carbocycles. The molecule has 0 aromatic heterocycles. The van der Waals surface area contributed by atoms with Crippen molar-refractivity contribution in [1.29, 1.82) is 0 Å². The van der Waals surface area contributed by atoms with Crippen molar-refractivity contribution in [2.75, 3.05) is 7.05 Å². The topological polar surface area (TPSA) is 32.3 Å². The van der Waals surface area contributed by atoms with E-state index < -0.39 is 0 Å². The molecule has 1 N–H and O–H groups in total. The molecule has 3 nitrogen and oxygen atoms in total. The number of nitrogens with one attached hydrogen (secondary N) is 1. The summed E-state index contributed by atoms with van der Waals surface area (Å²) in [7, 11) is 2.03. The number of carbonyl (C=O) groups excluding carboxylic acids is 1. The van der Waals surface area contributed by atoms with Crippen LogP contribution in [0.5, 0.6) is 0 Å². The fourth-order valence-corrected chi connectivity index (χ4v) is 4.54. The number of piperidine rings is 1. The second kappa shape index (κ2) is 4.88. The monoisotopic (exact) mass is 300 g/mol. The lowest BCUT2D eigenvalue weighted by Gasteiger charge is -2.36. The van der Waals surface area contributed by atoms with E-state index in [0.29, 0.717) is 24.0 Å². The van der Waals surface area contributed by atoms with Gasteiger partial charge in [-0.3, -0.25) is 4.79 Å². The highest BCUT2D eigenvalue weighted by Crippen LogP contribution is 2.68. The third kappa shape index (κ3) is 2.18. The lowest BCUT2D eigenvalue weighted by atomic mass is 9.97. The Hall–Kier alpha value is -0.280. The Morgan fingerprint density at radius 3 is 1.90 bits per heavy atom. The molecule has 2 heterocycles. The summed E-state index contributed by atoms with van der Waals surface area (Å²) in [5.41, 5.74) is 0.314. The van der Waals surface area contributed by atoms with E-state index >= 15 is 0 Å². The van der Waals surface area contributed by atoms with E-state index in [0.717, 1.165) is 12.8 Å². The Labute approximate surface area is 129 Å². The van der Waals surface area contributed by atoms with E-state index in [2.05, 4.69) is 37.9 Å². The second-order valence-electron chi connectivity index (χ2n) is 8.09. The first-order chi connectivity index (χ1) is 8.75. The first-order valence-corrected chi connectivity index (χ1v) is 7.78. The summed E-state index contributed by atoms with van der Waals surface area (Å²) < 4.78 is 0. The number of halogens is 1. The van der Waals surface area contributed by atoms with Gasteiger partial charge in [-0.05, 0) is 36.5 Å². The summed E-state index contributed by atoms with van der Waals surface area (Å²) in [5.74, 6) is 0.582. The van der Waals surface area contributed by atoms with Crippen LogP contribution in [-0.4, -0.2) is 36.0 Å². The van der Waals surface area contributed by atoms with Gasteiger partial charge in [0, 0.05) is 31.1 Å². The summed E-state index contributed by atoms with van der Waals surface area (Å²) in [6, 6.07) is 1.76. The predicted octanol–water partition coefficient (Wildman–Crippen LogP) is 2.83. The minimum Gasteiger partial charge on any atom is -0.342 e. The first-order valence-electron chi connectivity index (χ1n) is 7.78. The number of hydrogen-bond acceptors (Lipinski definition) is 2. The predicted molar refractivity (Wildman–Crippen MR) is 84.0 cm³/mol. The normalized spacial score (nSPS) is 37.1. The summed E-state index contributed by atoms with van der Waals surface area (Å²) in [4.78, 5) is 14.9. The summed E-state index contributed by atoms with van der Waals surface area (Å²) >= 11 is 0. The molecule has 2 atom stereocenters. The number of fused-ring (bicyclic) bond motifs is 2. The average Bonchev–Trinajstić information content (AvgIpc) is 2.59. The number of nitrogens with zero attached hydrogens (tertiary/aromatic N) is 1. The van der Waals surface area contributed by atoms with E-state index in [1.165, 1.54) is 12.8 Å². The molecule has 3 aliphatic rings. The van der Waals surface area contributed by atoms with E-state index in [1.807, 2.05) is 7.05 Å². The van der Waals surface area contributed by atoms with Crippen LogP contribution in [0, 0.1) is 16.7 Å². The Kier molecular flexibility index (Phi) is 3.92. The van der Waals surface area contributed by atoms with Crippen LogP contribution in [0.25, 0.3) is 0 Å². The first kappa shape index (κ1) is 16.1. The molecule has 1 aliphatic carbocycles. The van der Waals surface area contributed by atoms with Gasteiger partial charge in [0.25, 0.3) is 0 Å². The van der Waals surface area contributed by atoms with Gasteiger partial charge in [-0.1, -0.05) is 27.7 Å². The quantitative estimate of drug-likeness (QED) is 0.850. The number of carbonyl (C=O) groups is 1. The SMILES string of the molecule is CN(C(=O)C1C(C)(C)C1(C)C)C1CC2CCC(C1)N2.Cl. The highest BCUT2D eigenvalue weighted by atomic mass is 35.5. The van der Waals surface area contributed by atoms with Crippen LogP contribution in [0.4, 0.5) is 0 Å².